The van der Waals surface area contributed by atoms with E-state index in [2.05, 4.69) is 36.0 Å². The Morgan fingerprint density at radius 3 is 2.23 bits per heavy atom. The summed E-state index contributed by atoms with van der Waals surface area (Å²) in [5, 5.41) is 19.8. The molecule has 5 rings (SSSR count). The number of amides is 2. The van der Waals surface area contributed by atoms with E-state index in [0.29, 0.717) is 33.2 Å². The summed E-state index contributed by atoms with van der Waals surface area (Å²) < 4.78 is 81.1. The SMILES string of the molecule is O=C(Nc1ccc(OC(F)(F)F)cc1)Nc1cc(-c2ccccc2-c2nnn[nH]2)ccc1N(CCCC(F)(F)F)Cc1ccc(Cl)cc1. The zero-order chi connectivity index (χ0) is 34.3. The molecule has 9 nitrogen and oxygen atoms in total. The highest BCUT2D eigenvalue weighted by atomic mass is 35.5. The minimum absolute atomic E-state index is 0.0151. The number of aromatic amines is 1. The number of alkyl halides is 6. The van der Waals surface area contributed by atoms with Gasteiger partial charge in [-0.15, -0.1) is 18.3 Å². The molecule has 0 aliphatic rings. The number of H-pyrrole nitrogens is 1. The van der Waals surface area contributed by atoms with Gasteiger partial charge in [0.15, 0.2) is 5.82 Å². The van der Waals surface area contributed by atoms with Crippen LogP contribution < -0.4 is 20.3 Å². The molecule has 3 N–H and O–H groups in total. The highest BCUT2D eigenvalue weighted by Gasteiger charge is 2.31. The van der Waals surface area contributed by atoms with Gasteiger partial charge in [-0.2, -0.15) is 13.2 Å². The summed E-state index contributed by atoms with van der Waals surface area (Å²) in [6, 6.07) is 22.9. The second-order valence-corrected chi connectivity index (χ2v) is 10.9. The first-order chi connectivity index (χ1) is 22.8. The molecule has 1 heterocycles. The van der Waals surface area contributed by atoms with Crippen molar-refractivity contribution in [1.82, 2.24) is 20.6 Å². The maximum absolute atomic E-state index is 13.3. The van der Waals surface area contributed by atoms with Crippen LogP contribution in [0.5, 0.6) is 5.75 Å². The summed E-state index contributed by atoms with van der Waals surface area (Å²) in [6.45, 7) is 0.171. The molecule has 0 fully saturated rings. The first-order valence-corrected chi connectivity index (χ1v) is 14.7. The van der Waals surface area contributed by atoms with E-state index in [9.17, 15) is 31.1 Å². The largest absolute Gasteiger partial charge is 0.573 e. The molecule has 0 unspecified atom stereocenters. The molecule has 2 amide bonds. The van der Waals surface area contributed by atoms with Gasteiger partial charge in [-0.1, -0.05) is 54.1 Å². The molecule has 0 radical (unpaired) electrons. The van der Waals surface area contributed by atoms with Crippen molar-refractivity contribution in [2.45, 2.75) is 31.9 Å². The zero-order valence-electron chi connectivity index (χ0n) is 24.7. The van der Waals surface area contributed by atoms with Crippen LogP contribution in [0.4, 0.5) is 48.2 Å². The van der Waals surface area contributed by atoms with Gasteiger partial charge >= 0.3 is 18.6 Å². The second kappa shape index (κ2) is 14.6. The maximum Gasteiger partial charge on any atom is 0.573 e. The third-order valence-corrected chi connectivity index (χ3v) is 7.20. The number of aromatic nitrogens is 4. The number of anilines is 3. The van der Waals surface area contributed by atoms with E-state index >= 15 is 0 Å². The molecule has 5 aromatic rings. The van der Waals surface area contributed by atoms with Crippen LogP contribution in [0, 0.1) is 0 Å². The van der Waals surface area contributed by atoms with Crippen LogP contribution in [0.2, 0.25) is 5.02 Å². The molecular formula is C32H26ClF6N7O2. The van der Waals surface area contributed by atoms with Gasteiger partial charge < -0.3 is 20.3 Å². The van der Waals surface area contributed by atoms with Gasteiger partial charge in [-0.05, 0) is 82.1 Å². The van der Waals surface area contributed by atoms with Crippen molar-refractivity contribution in [1.29, 1.82) is 0 Å². The second-order valence-electron chi connectivity index (χ2n) is 10.4. The molecular weight excluding hydrogens is 664 g/mol. The lowest BCUT2D eigenvalue weighted by Gasteiger charge is -2.28. The zero-order valence-corrected chi connectivity index (χ0v) is 25.5. The van der Waals surface area contributed by atoms with Crippen molar-refractivity contribution in [3.8, 4) is 28.3 Å². The van der Waals surface area contributed by atoms with Crippen molar-refractivity contribution < 1.29 is 35.9 Å². The van der Waals surface area contributed by atoms with Crippen molar-refractivity contribution in [2.75, 3.05) is 22.1 Å². The Hall–Kier alpha value is -5.31. The van der Waals surface area contributed by atoms with Gasteiger partial charge in [0.2, 0.25) is 0 Å². The number of hydrogen-bond donors (Lipinski definition) is 3. The number of benzene rings is 4. The average molecular weight is 690 g/mol. The fourth-order valence-electron chi connectivity index (χ4n) is 4.88. The number of ether oxygens (including phenoxy) is 1. The number of carbonyl (C=O) groups is 1. The number of urea groups is 1. The summed E-state index contributed by atoms with van der Waals surface area (Å²) >= 11 is 6.05. The summed E-state index contributed by atoms with van der Waals surface area (Å²) in [5.41, 5.74) is 3.53. The van der Waals surface area contributed by atoms with E-state index in [1.807, 2.05) is 6.07 Å². The fourth-order valence-corrected chi connectivity index (χ4v) is 5.01. The lowest BCUT2D eigenvalue weighted by atomic mass is 9.98. The van der Waals surface area contributed by atoms with E-state index in [-0.39, 0.29) is 30.9 Å². The lowest BCUT2D eigenvalue weighted by molar-refractivity contribution is -0.274. The summed E-state index contributed by atoms with van der Waals surface area (Å²) in [7, 11) is 0. The lowest BCUT2D eigenvalue weighted by Crippen LogP contribution is -2.27. The van der Waals surface area contributed by atoms with E-state index in [0.717, 1.165) is 17.7 Å². The quantitative estimate of drug-likeness (QED) is 0.119. The van der Waals surface area contributed by atoms with Crippen LogP contribution >= 0.6 is 11.6 Å². The number of halogens is 7. The normalized spacial score (nSPS) is 11.6. The van der Waals surface area contributed by atoms with Crippen LogP contribution in [-0.4, -0.2) is 45.7 Å². The number of hydrogen-bond acceptors (Lipinski definition) is 6. The molecule has 16 heteroatoms. The molecule has 0 aliphatic carbocycles. The number of carbonyl (C=O) groups excluding carboxylic acids is 1. The Morgan fingerprint density at radius 1 is 0.875 bits per heavy atom. The molecule has 0 bridgehead atoms. The Balaban J connectivity index is 1.50. The summed E-state index contributed by atoms with van der Waals surface area (Å²) in [6.07, 6.45) is -10.5. The van der Waals surface area contributed by atoms with Gasteiger partial charge in [0.1, 0.15) is 5.75 Å². The molecule has 0 spiro atoms. The van der Waals surface area contributed by atoms with Crippen LogP contribution in [0.15, 0.2) is 91.0 Å². The Morgan fingerprint density at radius 2 is 1.58 bits per heavy atom. The van der Waals surface area contributed by atoms with Gasteiger partial charge in [0.05, 0.1) is 11.4 Å². The van der Waals surface area contributed by atoms with Crippen molar-refractivity contribution in [2.24, 2.45) is 0 Å². The highest BCUT2D eigenvalue weighted by Crippen LogP contribution is 2.37. The number of tetrazole rings is 1. The van der Waals surface area contributed by atoms with E-state index in [4.69, 9.17) is 11.6 Å². The van der Waals surface area contributed by atoms with E-state index in [1.54, 1.807) is 65.6 Å². The van der Waals surface area contributed by atoms with Gasteiger partial charge in [0, 0.05) is 35.8 Å². The highest BCUT2D eigenvalue weighted by molar-refractivity contribution is 6.30. The molecule has 250 valence electrons. The van der Waals surface area contributed by atoms with Crippen molar-refractivity contribution in [3.63, 3.8) is 0 Å². The predicted molar refractivity (Wildman–Crippen MR) is 169 cm³/mol. The minimum Gasteiger partial charge on any atom is -0.406 e. The van der Waals surface area contributed by atoms with Crippen LogP contribution in [-0.2, 0) is 6.54 Å². The van der Waals surface area contributed by atoms with Gasteiger partial charge in [0.25, 0.3) is 0 Å². The molecule has 4 aromatic carbocycles. The first kappa shape index (κ1) is 34.0. The van der Waals surface area contributed by atoms with Crippen molar-refractivity contribution >= 4 is 34.7 Å². The molecule has 0 saturated heterocycles. The Labute approximate surface area is 274 Å². The Bertz CT molecular complexity index is 1820. The monoisotopic (exact) mass is 689 g/mol. The number of nitrogens with one attached hydrogen (secondary N) is 3. The van der Waals surface area contributed by atoms with Crippen LogP contribution in [0.1, 0.15) is 18.4 Å². The smallest absolute Gasteiger partial charge is 0.406 e. The third-order valence-electron chi connectivity index (χ3n) is 6.94. The molecule has 0 atom stereocenters. The topological polar surface area (TPSA) is 108 Å². The molecule has 0 saturated carbocycles. The summed E-state index contributed by atoms with van der Waals surface area (Å²) in [5.74, 6) is -0.0860. The molecule has 48 heavy (non-hydrogen) atoms. The number of rotatable bonds is 11. The Kier molecular flexibility index (Phi) is 10.4. The summed E-state index contributed by atoms with van der Waals surface area (Å²) in [4.78, 5) is 15.0. The van der Waals surface area contributed by atoms with Gasteiger partial charge in [-0.3, -0.25) is 0 Å². The third kappa shape index (κ3) is 9.61. The first-order valence-electron chi connectivity index (χ1n) is 14.3. The van der Waals surface area contributed by atoms with E-state index in [1.165, 1.54) is 12.1 Å². The number of nitrogens with zero attached hydrogens (tertiary/aromatic N) is 4. The van der Waals surface area contributed by atoms with Crippen LogP contribution in [0.3, 0.4) is 0 Å². The van der Waals surface area contributed by atoms with Gasteiger partial charge in [-0.25, -0.2) is 9.89 Å². The standard InChI is InChI=1S/C32H26ClF6N7O2/c33-22-9-6-20(7-10-22)19-46(17-3-16-31(34,35)36)28-15-8-21(25-4-1-2-5-26(25)29-42-44-45-43-29)18-27(28)41-30(47)40-23-11-13-24(14-12-23)48-32(37,38)39/h1-2,4-15,18H,3,16-17,19H2,(H2,40,41,47)(H,42,43,44,45). The van der Waals surface area contributed by atoms with E-state index < -0.39 is 30.7 Å². The molecule has 1 aromatic heterocycles. The minimum atomic E-state index is -4.88. The van der Waals surface area contributed by atoms with Crippen LogP contribution in [0.25, 0.3) is 22.5 Å². The van der Waals surface area contributed by atoms with Crippen molar-refractivity contribution in [3.05, 3.63) is 102 Å². The fraction of sp³-hybridized carbons (Fsp3) is 0.188. The predicted octanol–water partition coefficient (Wildman–Crippen LogP) is 9.08. The maximum atomic E-state index is 13.3. The molecule has 0 aliphatic heterocycles. The average Bonchev–Trinajstić information content (AvgIpc) is 3.57.